The van der Waals surface area contributed by atoms with Gasteiger partial charge in [0.2, 0.25) is 5.78 Å². The van der Waals surface area contributed by atoms with Crippen LogP contribution in [0, 0.1) is 13.8 Å². The maximum atomic E-state index is 12.5. The summed E-state index contributed by atoms with van der Waals surface area (Å²) in [4.78, 5) is 28.8. The Morgan fingerprint density at radius 2 is 1.56 bits per heavy atom. The molecule has 126 valence electrons. The number of allylic oxidation sites excluding steroid dienone is 1. The van der Waals surface area contributed by atoms with Crippen molar-refractivity contribution in [3.8, 4) is 0 Å². The van der Waals surface area contributed by atoms with E-state index in [4.69, 9.17) is 4.74 Å². The molecule has 0 unspecified atom stereocenters. The molecule has 1 aliphatic rings. The van der Waals surface area contributed by atoms with Crippen molar-refractivity contribution in [3.05, 3.63) is 76.6 Å². The third-order valence-corrected chi connectivity index (χ3v) is 3.90. The molecule has 0 spiro atoms. The fraction of sp³-hybridized carbons (Fsp3) is 0.150. The van der Waals surface area contributed by atoms with Crippen molar-refractivity contribution in [1.82, 2.24) is 0 Å². The van der Waals surface area contributed by atoms with Crippen molar-refractivity contribution in [1.29, 1.82) is 0 Å². The Hall–Kier alpha value is -3.21. The average Bonchev–Trinajstić information content (AvgIpc) is 2.96. The highest BCUT2D eigenvalue weighted by atomic mass is 16.5. The second-order valence-corrected chi connectivity index (χ2v) is 5.89. The topological polar surface area (TPSA) is 76.0 Å². The van der Waals surface area contributed by atoms with Crippen LogP contribution in [0.15, 0.2) is 64.9 Å². The van der Waals surface area contributed by atoms with Crippen LogP contribution in [0.3, 0.4) is 0 Å². The summed E-state index contributed by atoms with van der Waals surface area (Å²) in [5.41, 5.74) is 3.05. The summed E-state index contributed by atoms with van der Waals surface area (Å²) in [5, 5.41) is 10.4. The van der Waals surface area contributed by atoms with Crippen molar-refractivity contribution in [3.63, 3.8) is 0 Å². The second-order valence-electron chi connectivity index (χ2n) is 5.89. The van der Waals surface area contributed by atoms with Crippen LogP contribution in [0.5, 0.6) is 0 Å². The van der Waals surface area contributed by atoms with E-state index in [0.717, 1.165) is 11.1 Å². The monoisotopic (exact) mass is 335 g/mol. The van der Waals surface area contributed by atoms with Gasteiger partial charge in [-0.05, 0) is 26.0 Å². The molecule has 1 heterocycles. The molecule has 1 N–H and O–H groups in total. The van der Waals surface area contributed by atoms with Gasteiger partial charge in [-0.15, -0.1) is 0 Å². The Morgan fingerprint density at radius 3 is 2.16 bits per heavy atom. The number of hydrogen-bond acceptors (Lipinski definition) is 5. The highest BCUT2D eigenvalue weighted by Gasteiger charge is 2.33. The summed E-state index contributed by atoms with van der Waals surface area (Å²) in [5.74, 6) is -2.02. The molecule has 0 saturated carbocycles. The predicted octanol–water partition coefficient (Wildman–Crippen LogP) is 3.63. The number of Topliss-reactive ketones (excluding diaryl/α,β-unsaturated/α-hetero) is 1. The van der Waals surface area contributed by atoms with Crippen LogP contribution in [0.4, 0.5) is 5.69 Å². The summed E-state index contributed by atoms with van der Waals surface area (Å²) in [6, 6.07) is 14.1. The lowest BCUT2D eigenvalue weighted by Crippen LogP contribution is -2.13. The highest BCUT2D eigenvalue weighted by molar-refractivity contribution is 6.29. The molecule has 25 heavy (non-hydrogen) atoms. The van der Waals surface area contributed by atoms with E-state index in [-0.39, 0.29) is 17.9 Å². The zero-order chi connectivity index (χ0) is 18.0. The Bertz CT molecular complexity index is 890. The molecule has 0 amide bonds. The zero-order valence-electron chi connectivity index (χ0n) is 13.9. The fourth-order valence-electron chi connectivity index (χ4n) is 2.45. The van der Waals surface area contributed by atoms with Gasteiger partial charge in [-0.25, -0.2) is 9.79 Å². The number of rotatable bonds is 3. The lowest BCUT2D eigenvalue weighted by Gasteiger charge is -2.04. The van der Waals surface area contributed by atoms with Gasteiger partial charge in [-0.3, -0.25) is 4.79 Å². The van der Waals surface area contributed by atoms with Crippen LogP contribution in [0.1, 0.15) is 21.5 Å². The maximum absolute atomic E-state index is 12.5. The van der Waals surface area contributed by atoms with Gasteiger partial charge in [0, 0.05) is 5.56 Å². The van der Waals surface area contributed by atoms with E-state index in [0.29, 0.717) is 11.3 Å². The average molecular weight is 335 g/mol. The molecule has 0 radical (unpaired) electrons. The van der Waals surface area contributed by atoms with Gasteiger partial charge in [0.05, 0.1) is 11.4 Å². The molecule has 2 aromatic carbocycles. The number of esters is 1. The van der Waals surface area contributed by atoms with Gasteiger partial charge in [0.15, 0.2) is 5.76 Å². The maximum Gasteiger partial charge on any atom is 0.344 e. The van der Waals surface area contributed by atoms with Gasteiger partial charge < -0.3 is 9.84 Å². The summed E-state index contributed by atoms with van der Waals surface area (Å²) in [6.45, 7) is 3.77. The first-order valence-corrected chi connectivity index (χ1v) is 7.82. The largest absolute Gasteiger partial charge is 0.503 e. The molecule has 5 nitrogen and oxygen atoms in total. The number of cyclic esters (lactones) is 1. The molecule has 1 fully saturated rings. The molecule has 0 atom stereocenters. The SMILES string of the molecule is Cc1ccc(N=C2COC(=O)/C2=C(/O)C(=O)c2ccc(C)cc2)cc1. The van der Waals surface area contributed by atoms with Crippen molar-refractivity contribution < 1.29 is 19.4 Å². The molecule has 2 aromatic rings. The van der Waals surface area contributed by atoms with Gasteiger partial charge in [0.1, 0.15) is 12.2 Å². The van der Waals surface area contributed by atoms with E-state index in [2.05, 4.69) is 4.99 Å². The number of aliphatic imine (C=N–C) groups is 1. The molecule has 0 aliphatic carbocycles. The predicted molar refractivity (Wildman–Crippen MR) is 94.4 cm³/mol. The van der Waals surface area contributed by atoms with Crippen LogP contribution in [0.25, 0.3) is 0 Å². The zero-order valence-corrected chi connectivity index (χ0v) is 13.9. The minimum Gasteiger partial charge on any atom is -0.503 e. The second kappa shape index (κ2) is 6.73. The third kappa shape index (κ3) is 3.50. The van der Waals surface area contributed by atoms with Crippen LogP contribution < -0.4 is 0 Å². The third-order valence-electron chi connectivity index (χ3n) is 3.90. The molecule has 1 saturated heterocycles. The van der Waals surface area contributed by atoms with E-state index < -0.39 is 17.5 Å². The Labute approximate surface area is 145 Å². The number of aliphatic hydroxyl groups is 1. The molecule has 1 aliphatic heterocycles. The summed E-state index contributed by atoms with van der Waals surface area (Å²) in [7, 11) is 0. The Balaban J connectivity index is 2.00. The number of hydrogen-bond donors (Lipinski definition) is 1. The Morgan fingerprint density at radius 1 is 1.00 bits per heavy atom. The smallest absolute Gasteiger partial charge is 0.344 e. The van der Waals surface area contributed by atoms with E-state index >= 15 is 0 Å². The van der Waals surface area contributed by atoms with E-state index in [9.17, 15) is 14.7 Å². The lowest BCUT2D eigenvalue weighted by atomic mass is 10.0. The van der Waals surface area contributed by atoms with Gasteiger partial charge >= 0.3 is 5.97 Å². The number of carbonyl (C=O) groups excluding carboxylic acids is 2. The summed E-state index contributed by atoms with van der Waals surface area (Å²) < 4.78 is 4.96. The molecule has 0 bridgehead atoms. The van der Waals surface area contributed by atoms with Crippen LogP contribution in [0.2, 0.25) is 0 Å². The summed E-state index contributed by atoms with van der Waals surface area (Å²) >= 11 is 0. The standard InChI is InChI=1S/C20H17NO4/c1-12-3-7-14(8-4-12)18(22)19(23)17-16(11-25-20(17)24)21-15-9-5-13(2)6-10-15/h3-10,23H,11H2,1-2H3/b19-17+,21-16?. The molecule has 5 heteroatoms. The number of ether oxygens (including phenoxy) is 1. The minimum absolute atomic E-state index is 0.0761. The van der Waals surface area contributed by atoms with Crippen LogP contribution >= 0.6 is 0 Å². The first kappa shape index (κ1) is 16.6. The number of ketones is 1. The minimum atomic E-state index is -0.746. The van der Waals surface area contributed by atoms with Crippen molar-refractivity contribution in [2.75, 3.05) is 6.61 Å². The van der Waals surface area contributed by atoms with Crippen LogP contribution in [-0.4, -0.2) is 29.2 Å². The van der Waals surface area contributed by atoms with Crippen molar-refractivity contribution in [2.24, 2.45) is 4.99 Å². The summed E-state index contributed by atoms with van der Waals surface area (Å²) in [6.07, 6.45) is 0. The number of benzene rings is 2. The quantitative estimate of drug-likeness (QED) is 0.402. The van der Waals surface area contributed by atoms with Gasteiger partial charge in [-0.1, -0.05) is 47.5 Å². The van der Waals surface area contributed by atoms with Gasteiger partial charge in [-0.2, -0.15) is 0 Å². The van der Waals surface area contributed by atoms with Gasteiger partial charge in [0.25, 0.3) is 0 Å². The van der Waals surface area contributed by atoms with Crippen LogP contribution in [-0.2, 0) is 9.53 Å². The number of carbonyl (C=O) groups is 2. The number of aliphatic hydroxyl groups excluding tert-OH is 1. The highest BCUT2D eigenvalue weighted by Crippen LogP contribution is 2.22. The Kier molecular flexibility index (Phi) is 4.48. The fourth-order valence-corrected chi connectivity index (χ4v) is 2.45. The lowest BCUT2D eigenvalue weighted by molar-refractivity contribution is -0.135. The number of nitrogens with zero attached hydrogens (tertiary/aromatic N) is 1. The molecule has 0 aromatic heterocycles. The van der Waals surface area contributed by atoms with E-state index in [1.807, 2.05) is 26.0 Å². The first-order valence-electron chi connectivity index (χ1n) is 7.82. The number of aryl methyl sites for hydroxylation is 2. The first-order chi connectivity index (χ1) is 12.0. The molecule has 3 rings (SSSR count). The van der Waals surface area contributed by atoms with Crippen molar-refractivity contribution >= 4 is 23.2 Å². The molecular weight excluding hydrogens is 318 g/mol. The normalized spacial score (nSPS) is 17.5. The van der Waals surface area contributed by atoms with Crippen molar-refractivity contribution in [2.45, 2.75) is 13.8 Å². The molecular formula is C20H17NO4. The van der Waals surface area contributed by atoms with E-state index in [1.54, 1.807) is 36.4 Å². The van der Waals surface area contributed by atoms with E-state index in [1.165, 1.54) is 0 Å².